The number of hydrogen-bond donors (Lipinski definition) is 0. The van der Waals surface area contributed by atoms with Gasteiger partial charge in [-0.1, -0.05) is 105 Å². The van der Waals surface area contributed by atoms with E-state index in [-0.39, 0.29) is 20.1 Å². The van der Waals surface area contributed by atoms with E-state index in [1.165, 1.54) is 59.4 Å². The summed E-state index contributed by atoms with van der Waals surface area (Å²) in [6.07, 6.45) is 5.53. The summed E-state index contributed by atoms with van der Waals surface area (Å²) >= 11 is 0. The van der Waals surface area contributed by atoms with Crippen LogP contribution in [0.2, 0.25) is 0 Å². The topological polar surface area (TPSA) is 38.7 Å². The molecule has 275 valence electrons. The average molecular weight is 907 g/mol. The molecule has 0 aliphatic heterocycles. The molecule has 4 heteroatoms. The van der Waals surface area contributed by atoms with E-state index in [1.807, 2.05) is 73.1 Å². The monoisotopic (exact) mass is 907 g/mol. The molecule has 0 bridgehead atoms. The molecular formula is C53H36IrN3-3. The van der Waals surface area contributed by atoms with Crippen molar-refractivity contribution in [1.82, 2.24) is 15.0 Å². The fourth-order valence-electron chi connectivity index (χ4n) is 7.62. The molecule has 11 aromatic rings. The van der Waals surface area contributed by atoms with E-state index in [1.54, 1.807) is 6.20 Å². The van der Waals surface area contributed by atoms with Crippen molar-refractivity contribution < 1.29 is 20.1 Å². The molecule has 3 aromatic heterocycles. The predicted molar refractivity (Wildman–Crippen MR) is 235 cm³/mol. The number of fused-ring (bicyclic) bond motifs is 10. The second-order valence-corrected chi connectivity index (χ2v) is 13.9. The first-order valence-electron chi connectivity index (χ1n) is 18.8. The Hall–Kier alpha value is -6.58. The fourth-order valence-corrected chi connectivity index (χ4v) is 7.62. The third-order valence-corrected chi connectivity index (χ3v) is 10.1. The molecule has 8 aromatic carbocycles. The summed E-state index contributed by atoms with van der Waals surface area (Å²) < 4.78 is 0. The maximum absolute atomic E-state index is 4.74. The summed E-state index contributed by atoms with van der Waals surface area (Å²) in [6.45, 7) is 4.22. The van der Waals surface area contributed by atoms with Gasteiger partial charge in [-0.05, 0) is 83.6 Å². The van der Waals surface area contributed by atoms with Gasteiger partial charge in [0, 0.05) is 38.7 Å². The van der Waals surface area contributed by atoms with E-state index in [0.29, 0.717) is 0 Å². The quantitative estimate of drug-likeness (QED) is 0.128. The van der Waals surface area contributed by atoms with Gasteiger partial charge in [0.05, 0.1) is 0 Å². The molecule has 1 radical (unpaired) electrons. The van der Waals surface area contributed by atoms with E-state index < -0.39 is 0 Å². The molecule has 0 amide bonds. The van der Waals surface area contributed by atoms with Crippen LogP contribution < -0.4 is 0 Å². The number of hydrogen-bond acceptors (Lipinski definition) is 3. The standard InChI is InChI=1S/C29H20N.C13H8N.C11H8N.Ir/c1-18-15-19(2)17-21(16-18)29-28-12-11-25-24-8-7-20-5-3-4-6-22(20)23(24)9-10-26(25)27(28)13-14-30-29;1-2-6-12-10(4-1)7-8-11-5-3-9-14-13(11)12;1-2-6-10(7-3-1)11-8-4-5-9-12-11;/h3-16H,1-2H3;1-5,7-9H;1-6,8-9H;/q3*-1;. The zero-order chi connectivity index (χ0) is 37.8. The van der Waals surface area contributed by atoms with E-state index >= 15 is 0 Å². The Kier molecular flexibility index (Phi) is 10.9. The number of nitrogens with zero attached hydrogens (tertiary/aromatic N) is 3. The van der Waals surface area contributed by atoms with Gasteiger partial charge >= 0.3 is 0 Å². The third kappa shape index (κ3) is 7.66. The number of benzene rings is 8. The fraction of sp³-hybridized carbons (Fsp3) is 0.0377. The summed E-state index contributed by atoms with van der Waals surface area (Å²) in [5.74, 6) is 0. The maximum atomic E-state index is 4.74. The normalized spacial score (nSPS) is 10.8. The number of aromatic nitrogens is 3. The van der Waals surface area contributed by atoms with Crippen molar-refractivity contribution >= 4 is 64.8 Å². The molecule has 0 unspecified atom stereocenters. The number of rotatable bonds is 2. The Morgan fingerprint density at radius 2 is 1.07 bits per heavy atom. The second-order valence-electron chi connectivity index (χ2n) is 13.9. The summed E-state index contributed by atoms with van der Waals surface area (Å²) in [5, 5.41) is 13.6. The predicted octanol–water partition coefficient (Wildman–Crippen LogP) is 13.5. The van der Waals surface area contributed by atoms with Crippen LogP contribution in [0.5, 0.6) is 0 Å². The van der Waals surface area contributed by atoms with E-state index in [4.69, 9.17) is 4.98 Å². The summed E-state index contributed by atoms with van der Waals surface area (Å²) in [6, 6.07) is 66.3. The minimum absolute atomic E-state index is 0. The van der Waals surface area contributed by atoms with Crippen molar-refractivity contribution in [2.24, 2.45) is 0 Å². The molecular weight excluding hydrogens is 871 g/mol. The van der Waals surface area contributed by atoms with Crippen LogP contribution in [0.3, 0.4) is 0 Å². The molecule has 0 N–H and O–H groups in total. The van der Waals surface area contributed by atoms with Gasteiger partial charge < -0.3 is 15.0 Å². The SMILES string of the molecule is Cc1[c-]c(-c2nccc3c2ccc2c3ccc3c4ccccc4ccc32)cc(C)c1.[Ir].[c-]1cccc2ccc3cccnc3c12.[c-]1ccccc1-c1ccccn1. The zero-order valence-corrected chi connectivity index (χ0v) is 33.9. The molecule has 3 nitrogen and oxygen atoms in total. The third-order valence-electron chi connectivity index (χ3n) is 10.1. The molecule has 11 rings (SSSR count). The molecule has 3 heterocycles. The van der Waals surface area contributed by atoms with Crippen LogP contribution in [0, 0.1) is 32.0 Å². The largest absolute Gasteiger partial charge is 0.305 e. The van der Waals surface area contributed by atoms with Gasteiger partial charge in [0.2, 0.25) is 0 Å². The van der Waals surface area contributed by atoms with Crippen LogP contribution in [-0.4, -0.2) is 15.0 Å². The molecule has 57 heavy (non-hydrogen) atoms. The summed E-state index contributed by atoms with van der Waals surface area (Å²) in [5.41, 5.74) is 7.48. The van der Waals surface area contributed by atoms with E-state index in [0.717, 1.165) is 39.0 Å². The van der Waals surface area contributed by atoms with Crippen LogP contribution >= 0.6 is 0 Å². The first-order chi connectivity index (χ1) is 27.6. The van der Waals surface area contributed by atoms with Crippen LogP contribution in [0.15, 0.2) is 182 Å². The van der Waals surface area contributed by atoms with Gasteiger partial charge in [0.1, 0.15) is 0 Å². The first kappa shape index (κ1) is 37.3. The van der Waals surface area contributed by atoms with E-state index in [9.17, 15) is 0 Å². The smallest absolute Gasteiger partial charge is 0.0167 e. The van der Waals surface area contributed by atoms with Gasteiger partial charge in [0.25, 0.3) is 0 Å². The van der Waals surface area contributed by atoms with Crippen LogP contribution in [0.1, 0.15) is 11.1 Å². The van der Waals surface area contributed by atoms with Crippen molar-refractivity contribution in [2.45, 2.75) is 13.8 Å². The number of pyridine rings is 3. The molecule has 0 saturated heterocycles. The Labute approximate surface area is 346 Å². The Bertz CT molecular complexity index is 3050. The van der Waals surface area contributed by atoms with Crippen LogP contribution in [0.25, 0.3) is 87.3 Å². The van der Waals surface area contributed by atoms with Gasteiger partial charge in [-0.2, -0.15) is 0 Å². The van der Waals surface area contributed by atoms with E-state index in [2.05, 4.69) is 145 Å². The zero-order valence-electron chi connectivity index (χ0n) is 31.5. The van der Waals surface area contributed by atoms with Crippen molar-refractivity contribution in [2.75, 3.05) is 0 Å². The average Bonchev–Trinajstić information content (AvgIpc) is 3.26. The Balaban J connectivity index is 0.000000139. The molecule has 0 fully saturated rings. The first-order valence-corrected chi connectivity index (χ1v) is 18.8. The van der Waals surface area contributed by atoms with Crippen LogP contribution in [0.4, 0.5) is 0 Å². The maximum Gasteiger partial charge on any atom is 0.0167 e. The van der Waals surface area contributed by atoms with Crippen molar-refractivity contribution in [3.05, 3.63) is 212 Å². The number of aryl methyl sites for hydroxylation is 2. The molecule has 0 atom stereocenters. The second kappa shape index (κ2) is 16.6. The van der Waals surface area contributed by atoms with Crippen LogP contribution in [-0.2, 0) is 20.1 Å². The minimum Gasteiger partial charge on any atom is -0.305 e. The van der Waals surface area contributed by atoms with Gasteiger partial charge in [-0.25, -0.2) is 0 Å². The van der Waals surface area contributed by atoms with Crippen molar-refractivity contribution in [3.8, 4) is 22.5 Å². The molecule has 0 saturated carbocycles. The van der Waals surface area contributed by atoms with Gasteiger partial charge in [-0.3, -0.25) is 0 Å². The Morgan fingerprint density at radius 3 is 1.86 bits per heavy atom. The van der Waals surface area contributed by atoms with Gasteiger partial charge in [0.15, 0.2) is 0 Å². The molecule has 0 spiro atoms. The van der Waals surface area contributed by atoms with Crippen molar-refractivity contribution in [3.63, 3.8) is 0 Å². The summed E-state index contributed by atoms with van der Waals surface area (Å²) in [7, 11) is 0. The van der Waals surface area contributed by atoms with Gasteiger partial charge in [-0.15, -0.1) is 106 Å². The van der Waals surface area contributed by atoms with Crippen molar-refractivity contribution in [1.29, 1.82) is 0 Å². The molecule has 0 aliphatic carbocycles. The molecule has 0 aliphatic rings. The Morgan fingerprint density at radius 1 is 0.421 bits per heavy atom. The minimum atomic E-state index is 0. The summed E-state index contributed by atoms with van der Waals surface area (Å²) in [4.78, 5) is 13.3.